The first-order chi connectivity index (χ1) is 8.00. The minimum atomic E-state index is -4.45. The number of halogens is 3. The first-order valence-corrected chi connectivity index (χ1v) is 6.65. The number of thioether (sulfide) groups is 1. The fraction of sp³-hybridized carbons (Fsp3) is 0.200. The Hall–Kier alpha value is -1.08. The second-order valence-corrected chi connectivity index (χ2v) is 4.82. The zero-order chi connectivity index (χ0) is 12.5. The van der Waals surface area contributed by atoms with Gasteiger partial charge in [0.25, 0.3) is 0 Å². The molecular formula is C10H7F3N2S2. The number of thiophene rings is 1. The Bertz CT molecular complexity index is 509. The molecule has 0 amide bonds. The molecule has 90 valence electrons. The molecule has 0 unspecified atom stereocenters. The van der Waals surface area contributed by atoms with E-state index in [2.05, 4.69) is 9.97 Å². The summed E-state index contributed by atoms with van der Waals surface area (Å²) in [4.78, 5) is 8.24. The highest BCUT2D eigenvalue weighted by atomic mass is 32.2. The molecule has 2 nitrogen and oxygen atoms in total. The van der Waals surface area contributed by atoms with Crippen molar-refractivity contribution in [1.29, 1.82) is 0 Å². The highest BCUT2D eigenvalue weighted by molar-refractivity contribution is 7.98. The molecule has 0 aliphatic heterocycles. The van der Waals surface area contributed by atoms with E-state index in [0.29, 0.717) is 10.6 Å². The van der Waals surface area contributed by atoms with Gasteiger partial charge in [-0.3, -0.25) is 0 Å². The first-order valence-electron chi connectivity index (χ1n) is 4.55. The molecular weight excluding hydrogens is 269 g/mol. The maximum atomic E-state index is 12.6. The summed E-state index contributed by atoms with van der Waals surface area (Å²) in [5.41, 5.74) is -0.591. The van der Waals surface area contributed by atoms with Crippen LogP contribution in [0.3, 0.4) is 0 Å². The number of nitrogens with zero attached hydrogens (tertiary/aromatic N) is 2. The Morgan fingerprint density at radius 2 is 2.06 bits per heavy atom. The van der Waals surface area contributed by atoms with E-state index in [0.717, 1.165) is 17.8 Å². The monoisotopic (exact) mass is 276 g/mol. The minimum absolute atomic E-state index is 0.128. The number of hydrogen-bond acceptors (Lipinski definition) is 4. The summed E-state index contributed by atoms with van der Waals surface area (Å²) in [7, 11) is 0. The fourth-order valence-electron chi connectivity index (χ4n) is 1.21. The van der Waals surface area contributed by atoms with Crippen molar-refractivity contribution in [2.24, 2.45) is 0 Å². The van der Waals surface area contributed by atoms with E-state index >= 15 is 0 Å². The minimum Gasteiger partial charge on any atom is -0.222 e. The lowest BCUT2D eigenvalue weighted by atomic mass is 10.3. The number of aromatic nitrogens is 2. The van der Waals surface area contributed by atoms with Gasteiger partial charge in [0.05, 0.1) is 10.6 Å². The molecule has 0 fully saturated rings. The van der Waals surface area contributed by atoms with Gasteiger partial charge in [0.2, 0.25) is 0 Å². The second-order valence-electron chi connectivity index (χ2n) is 3.10. The van der Waals surface area contributed by atoms with Crippen LogP contribution in [0.2, 0.25) is 0 Å². The van der Waals surface area contributed by atoms with Crippen LogP contribution in [0.1, 0.15) is 5.69 Å². The molecule has 2 heterocycles. The summed E-state index contributed by atoms with van der Waals surface area (Å²) in [6.45, 7) is 0. The van der Waals surface area contributed by atoms with Gasteiger partial charge in [-0.25, -0.2) is 9.97 Å². The largest absolute Gasteiger partial charge is 0.433 e. The number of hydrogen-bond donors (Lipinski definition) is 0. The molecule has 0 N–H and O–H groups in total. The smallest absolute Gasteiger partial charge is 0.222 e. The Balaban J connectivity index is 2.54. The molecule has 0 aliphatic rings. The molecule has 2 aromatic rings. The van der Waals surface area contributed by atoms with Crippen molar-refractivity contribution in [3.8, 4) is 10.6 Å². The molecule has 0 atom stereocenters. The Morgan fingerprint density at radius 1 is 1.29 bits per heavy atom. The van der Waals surface area contributed by atoms with E-state index < -0.39 is 11.9 Å². The summed E-state index contributed by atoms with van der Waals surface area (Å²) in [6.07, 6.45) is -2.80. The van der Waals surface area contributed by atoms with Gasteiger partial charge < -0.3 is 0 Å². The molecule has 7 heteroatoms. The van der Waals surface area contributed by atoms with Crippen LogP contribution in [0.25, 0.3) is 10.6 Å². The zero-order valence-corrected chi connectivity index (χ0v) is 10.3. The van der Waals surface area contributed by atoms with Gasteiger partial charge in [0.15, 0.2) is 5.16 Å². The maximum absolute atomic E-state index is 12.6. The molecule has 0 radical (unpaired) electrons. The molecule has 0 spiro atoms. The summed E-state index contributed by atoms with van der Waals surface area (Å²) in [6, 6.07) is 4.48. The van der Waals surface area contributed by atoms with Crippen molar-refractivity contribution in [2.45, 2.75) is 11.3 Å². The SMILES string of the molecule is CSc1nc(-c2cccs2)cc(C(F)(F)F)n1. The summed E-state index contributed by atoms with van der Waals surface area (Å²) >= 11 is 2.44. The van der Waals surface area contributed by atoms with Crippen LogP contribution in [0.4, 0.5) is 13.2 Å². The van der Waals surface area contributed by atoms with Crippen molar-refractivity contribution >= 4 is 23.1 Å². The molecule has 2 aromatic heterocycles. The van der Waals surface area contributed by atoms with Gasteiger partial charge in [-0.15, -0.1) is 11.3 Å². The third-order valence-corrected chi connectivity index (χ3v) is 3.39. The van der Waals surface area contributed by atoms with Crippen molar-refractivity contribution in [3.05, 3.63) is 29.3 Å². The second kappa shape index (κ2) is 4.66. The topological polar surface area (TPSA) is 25.8 Å². The molecule has 2 rings (SSSR count). The third-order valence-electron chi connectivity index (χ3n) is 1.95. The van der Waals surface area contributed by atoms with Crippen LogP contribution in [-0.4, -0.2) is 16.2 Å². The van der Waals surface area contributed by atoms with E-state index in [4.69, 9.17) is 0 Å². The molecule has 0 saturated heterocycles. The van der Waals surface area contributed by atoms with Crippen molar-refractivity contribution in [3.63, 3.8) is 0 Å². The van der Waals surface area contributed by atoms with Crippen molar-refractivity contribution in [2.75, 3.05) is 6.26 Å². The Kier molecular flexibility index (Phi) is 3.39. The predicted octanol–water partition coefficient (Wildman–Crippen LogP) is 3.95. The van der Waals surface area contributed by atoms with Gasteiger partial charge in [-0.1, -0.05) is 17.8 Å². The predicted molar refractivity (Wildman–Crippen MR) is 62.1 cm³/mol. The standard InChI is InChI=1S/C10H7F3N2S2/c1-16-9-14-6(7-3-2-4-17-7)5-8(15-9)10(11,12)13/h2-5H,1H3. The van der Waals surface area contributed by atoms with Crippen LogP contribution in [0.15, 0.2) is 28.7 Å². The molecule has 0 bridgehead atoms. The van der Waals surface area contributed by atoms with E-state index in [1.54, 1.807) is 23.8 Å². The van der Waals surface area contributed by atoms with Crippen molar-refractivity contribution < 1.29 is 13.2 Å². The summed E-state index contributed by atoms with van der Waals surface area (Å²) in [5, 5.41) is 1.92. The Morgan fingerprint density at radius 3 is 2.59 bits per heavy atom. The number of alkyl halides is 3. The lowest BCUT2D eigenvalue weighted by Crippen LogP contribution is -2.09. The zero-order valence-electron chi connectivity index (χ0n) is 8.65. The first kappa shape index (κ1) is 12.4. The van der Waals surface area contributed by atoms with Crippen LogP contribution < -0.4 is 0 Å². The number of rotatable bonds is 2. The molecule has 0 saturated carbocycles. The normalized spacial score (nSPS) is 11.8. The highest BCUT2D eigenvalue weighted by Crippen LogP contribution is 2.32. The van der Waals surface area contributed by atoms with Crippen LogP contribution in [-0.2, 0) is 6.18 Å². The van der Waals surface area contributed by atoms with Crippen LogP contribution in [0.5, 0.6) is 0 Å². The summed E-state index contributed by atoms with van der Waals surface area (Å²) < 4.78 is 37.9. The molecule has 0 aromatic carbocycles. The maximum Gasteiger partial charge on any atom is 0.433 e. The Labute approximate surface area is 104 Å². The van der Waals surface area contributed by atoms with Gasteiger partial charge in [0.1, 0.15) is 5.69 Å². The van der Waals surface area contributed by atoms with E-state index in [-0.39, 0.29) is 5.16 Å². The van der Waals surface area contributed by atoms with Crippen LogP contribution >= 0.6 is 23.1 Å². The van der Waals surface area contributed by atoms with Gasteiger partial charge >= 0.3 is 6.18 Å². The van der Waals surface area contributed by atoms with E-state index in [1.807, 2.05) is 0 Å². The fourth-order valence-corrected chi connectivity index (χ4v) is 2.28. The van der Waals surface area contributed by atoms with Gasteiger partial charge in [-0.05, 0) is 23.8 Å². The molecule has 0 aliphatic carbocycles. The highest BCUT2D eigenvalue weighted by Gasteiger charge is 2.33. The van der Waals surface area contributed by atoms with E-state index in [9.17, 15) is 13.2 Å². The van der Waals surface area contributed by atoms with Crippen LogP contribution in [0, 0.1) is 0 Å². The van der Waals surface area contributed by atoms with Gasteiger partial charge in [-0.2, -0.15) is 13.2 Å². The lowest BCUT2D eigenvalue weighted by molar-refractivity contribution is -0.141. The summed E-state index contributed by atoms with van der Waals surface area (Å²) in [5.74, 6) is 0. The third kappa shape index (κ3) is 2.78. The van der Waals surface area contributed by atoms with Crippen molar-refractivity contribution in [1.82, 2.24) is 9.97 Å². The average molecular weight is 276 g/mol. The average Bonchev–Trinajstić information content (AvgIpc) is 2.80. The van der Waals surface area contributed by atoms with E-state index in [1.165, 1.54) is 11.3 Å². The lowest BCUT2D eigenvalue weighted by Gasteiger charge is -2.08. The quantitative estimate of drug-likeness (QED) is 0.613. The van der Waals surface area contributed by atoms with Gasteiger partial charge in [0, 0.05) is 0 Å². The molecule has 17 heavy (non-hydrogen) atoms.